The highest BCUT2D eigenvalue weighted by Crippen LogP contribution is 2.06. The molecule has 174 valence electrons. The number of hydrogen-bond donors (Lipinski definition) is 3. The Morgan fingerprint density at radius 1 is 0.882 bits per heavy atom. The van der Waals surface area contributed by atoms with Gasteiger partial charge in [-0.1, -0.05) is 36.4 Å². The van der Waals surface area contributed by atoms with Crippen LogP contribution in [0.1, 0.15) is 28.7 Å². The summed E-state index contributed by atoms with van der Waals surface area (Å²) in [6.07, 6.45) is 5.74. The quantitative estimate of drug-likeness (QED) is 0.376. The van der Waals surface area contributed by atoms with E-state index in [4.69, 9.17) is 0 Å². The van der Waals surface area contributed by atoms with Crippen LogP contribution < -0.4 is 16.0 Å². The molecule has 3 amide bonds. The minimum absolute atomic E-state index is 0.0490. The molecule has 0 aliphatic carbocycles. The average molecular weight is 460 g/mol. The molecule has 0 saturated carbocycles. The minimum Gasteiger partial charge on any atom is -0.344 e. The van der Waals surface area contributed by atoms with Crippen molar-refractivity contribution in [1.29, 1.82) is 0 Å². The van der Waals surface area contributed by atoms with E-state index in [-0.39, 0.29) is 18.7 Å². The van der Waals surface area contributed by atoms with Crippen LogP contribution >= 0.6 is 0 Å². The first-order chi connectivity index (χ1) is 16.4. The summed E-state index contributed by atoms with van der Waals surface area (Å²) < 4.78 is 0. The topological polar surface area (TPSA) is 143 Å². The molecule has 0 fully saturated rings. The molecule has 0 spiro atoms. The summed E-state index contributed by atoms with van der Waals surface area (Å²) in [7, 11) is 0. The van der Waals surface area contributed by atoms with Crippen LogP contribution in [0.2, 0.25) is 0 Å². The van der Waals surface area contributed by atoms with Gasteiger partial charge < -0.3 is 16.0 Å². The van der Waals surface area contributed by atoms with E-state index in [0.29, 0.717) is 5.69 Å². The third-order valence-electron chi connectivity index (χ3n) is 4.83. The summed E-state index contributed by atoms with van der Waals surface area (Å²) in [5.74, 6) is -2.86. The van der Waals surface area contributed by atoms with E-state index < -0.39 is 35.6 Å². The fraction of sp³-hybridized carbons (Fsp3) is 0.208. The highest BCUT2D eigenvalue weighted by molar-refractivity contribution is 6.38. The van der Waals surface area contributed by atoms with Gasteiger partial charge in [-0.05, 0) is 24.6 Å². The predicted molar refractivity (Wildman–Crippen MR) is 122 cm³/mol. The number of pyridine rings is 1. The number of nitrogens with zero attached hydrogens (tertiary/aromatic N) is 3. The minimum atomic E-state index is -1.13. The maximum Gasteiger partial charge on any atom is 0.289 e. The first-order valence-electron chi connectivity index (χ1n) is 10.6. The summed E-state index contributed by atoms with van der Waals surface area (Å²) in [5, 5.41) is 7.63. The van der Waals surface area contributed by atoms with Crippen LogP contribution in [0, 0.1) is 0 Å². The zero-order valence-electron chi connectivity index (χ0n) is 18.5. The summed E-state index contributed by atoms with van der Waals surface area (Å²) in [5.41, 5.74) is 1.40. The maximum absolute atomic E-state index is 12.9. The Balaban J connectivity index is 1.66. The summed E-state index contributed by atoms with van der Waals surface area (Å²) in [6, 6.07) is 12.1. The first-order valence-corrected chi connectivity index (χ1v) is 10.6. The van der Waals surface area contributed by atoms with Gasteiger partial charge in [0.05, 0.1) is 18.4 Å². The van der Waals surface area contributed by atoms with Crippen LogP contribution in [-0.4, -0.2) is 50.5 Å². The van der Waals surface area contributed by atoms with Gasteiger partial charge in [-0.3, -0.25) is 29.1 Å². The highest BCUT2D eigenvalue weighted by atomic mass is 16.2. The number of aromatic nitrogens is 3. The lowest BCUT2D eigenvalue weighted by atomic mass is 10.0. The van der Waals surface area contributed by atoms with Gasteiger partial charge in [0.25, 0.3) is 11.8 Å². The average Bonchev–Trinajstić information content (AvgIpc) is 2.88. The van der Waals surface area contributed by atoms with E-state index in [2.05, 4.69) is 30.9 Å². The van der Waals surface area contributed by atoms with Gasteiger partial charge in [0.2, 0.25) is 11.7 Å². The van der Waals surface area contributed by atoms with Crippen LogP contribution in [0.25, 0.3) is 0 Å². The number of ketones is 1. The zero-order chi connectivity index (χ0) is 24.3. The molecule has 3 aromatic rings. The van der Waals surface area contributed by atoms with Crippen LogP contribution in [-0.2, 0) is 27.3 Å². The highest BCUT2D eigenvalue weighted by Gasteiger charge is 2.29. The second-order valence-electron chi connectivity index (χ2n) is 7.40. The smallest absolute Gasteiger partial charge is 0.289 e. The Labute approximate surface area is 196 Å². The zero-order valence-corrected chi connectivity index (χ0v) is 18.5. The van der Waals surface area contributed by atoms with Crippen molar-refractivity contribution in [3.63, 3.8) is 0 Å². The monoisotopic (exact) mass is 460 g/mol. The lowest BCUT2D eigenvalue weighted by molar-refractivity contribution is -0.140. The van der Waals surface area contributed by atoms with Crippen molar-refractivity contribution >= 4 is 23.5 Å². The van der Waals surface area contributed by atoms with Crippen molar-refractivity contribution in [1.82, 2.24) is 30.9 Å². The maximum atomic E-state index is 12.9. The molecule has 0 aliphatic heterocycles. The molecule has 0 unspecified atom stereocenters. The first kappa shape index (κ1) is 24.2. The van der Waals surface area contributed by atoms with E-state index >= 15 is 0 Å². The number of benzene rings is 1. The van der Waals surface area contributed by atoms with E-state index in [0.717, 1.165) is 5.56 Å². The second kappa shape index (κ2) is 12.0. The van der Waals surface area contributed by atoms with E-state index in [1.165, 1.54) is 25.5 Å². The molecule has 0 radical (unpaired) electrons. The number of hydrogen-bond acceptors (Lipinski definition) is 7. The number of amides is 3. The Kier molecular flexibility index (Phi) is 8.50. The Bertz CT molecular complexity index is 1130. The van der Waals surface area contributed by atoms with Gasteiger partial charge in [-0.2, -0.15) is 0 Å². The standard InChI is InChI=1S/C24H24N6O4/c1-16(29-23(33)20-15-25-11-12-27-20)22(32)30-19(13-17-7-3-2-4-8-17)21(31)24(34)28-14-18-9-5-6-10-26-18/h2-12,15-16,19H,13-14H2,1H3,(H,28,34)(H,29,33)(H,30,32)/t16-,19-/m1/s1. The molecule has 2 aromatic heterocycles. The van der Waals surface area contributed by atoms with E-state index in [1.54, 1.807) is 48.7 Å². The van der Waals surface area contributed by atoms with Crippen LogP contribution in [0.4, 0.5) is 0 Å². The van der Waals surface area contributed by atoms with Crippen LogP contribution in [0.3, 0.4) is 0 Å². The van der Waals surface area contributed by atoms with Gasteiger partial charge in [0, 0.05) is 25.0 Å². The molecule has 10 nitrogen and oxygen atoms in total. The number of carbonyl (C=O) groups is 4. The van der Waals surface area contributed by atoms with Crippen LogP contribution in [0.15, 0.2) is 73.3 Å². The molecular formula is C24H24N6O4. The number of Topliss-reactive ketones (excluding diaryl/α,β-unsaturated/α-hetero) is 1. The van der Waals surface area contributed by atoms with Crippen molar-refractivity contribution in [2.24, 2.45) is 0 Å². The fourth-order valence-electron chi connectivity index (χ4n) is 3.03. The van der Waals surface area contributed by atoms with Crippen molar-refractivity contribution in [3.8, 4) is 0 Å². The van der Waals surface area contributed by atoms with Crippen molar-refractivity contribution in [3.05, 3.63) is 90.3 Å². The van der Waals surface area contributed by atoms with Crippen molar-refractivity contribution in [2.75, 3.05) is 0 Å². The lowest BCUT2D eigenvalue weighted by Crippen LogP contribution is -2.53. The molecule has 2 atom stereocenters. The molecule has 3 rings (SSSR count). The summed E-state index contributed by atoms with van der Waals surface area (Å²) >= 11 is 0. The largest absolute Gasteiger partial charge is 0.344 e. The third kappa shape index (κ3) is 7.02. The van der Waals surface area contributed by atoms with Gasteiger partial charge in [-0.25, -0.2) is 4.98 Å². The molecule has 10 heteroatoms. The van der Waals surface area contributed by atoms with Gasteiger partial charge in [0.15, 0.2) is 0 Å². The molecule has 3 N–H and O–H groups in total. The number of rotatable bonds is 10. The fourth-order valence-corrected chi connectivity index (χ4v) is 3.03. The predicted octanol–water partition coefficient (Wildman–Crippen LogP) is 0.603. The SMILES string of the molecule is C[C@@H](NC(=O)c1cnccn1)C(=O)N[C@H](Cc1ccccc1)C(=O)C(=O)NCc1ccccn1. The number of carbonyl (C=O) groups excluding carboxylic acids is 4. The molecule has 0 saturated heterocycles. The molecular weight excluding hydrogens is 436 g/mol. The van der Waals surface area contributed by atoms with Crippen molar-refractivity contribution < 1.29 is 19.2 Å². The molecule has 0 bridgehead atoms. The van der Waals surface area contributed by atoms with Gasteiger partial charge in [0.1, 0.15) is 17.8 Å². The normalized spacial score (nSPS) is 12.1. The lowest BCUT2D eigenvalue weighted by Gasteiger charge is -2.20. The summed E-state index contributed by atoms with van der Waals surface area (Å²) in [4.78, 5) is 62.3. The van der Waals surface area contributed by atoms with Gasteiger partial charge in [-0.15, -0.1) is 0 Å². The van der Waals surface area contributed by atoms with Gasteiger partial charge >= 0.3 is 0 Å². The molecule has 34 heavy (non-hydrogen) atoms. The summed E-state index contributed by atoms with van der Waals surface area (Å²) in [6.45, 7) is 1.54. The molecule has 0 aliphatic rings. The van der Waals surface area contributed by atoms with E-state index in [9.17, 15) is 19.2 Å². The molecule has 1 aromatic carbocycles. The number of nitrogens with one attached hydrogen (secondary N) is 3. The Morgan fingerprint density at radius 2 is 1.65 bits per heavy atom. The van der Waals surface area contributed by atoms with Crippen LogP contribution in [0.5, 0.6) is 0 Å². The van der Waals surface area contributed by atoms with E-state index in [1.807, 2.05) is 6.07 Å². The molecule has 2 heterocycles. The Hall–Kier alpha value is -4.47. The Morgan fingerprint density at radius 3 is 2.32 bits per heavy atom. The third-order valence-corrected chi connectivity index (χ3v) is 4.83. The second-order valence-corrected chi connectivity index (χ2v) is 7.40. The van der Waals surface area contributed by atoms with Crippen molar-refractivity contribution in [2.45, 2.75) is 32.0 Å².